The fourth-order valence-electron chi connectivity index (χ4n) is 2.25. The van der Waals surface area contributed by atoms with E-state index in [9.17, 15) is 13.2 Å². The summed E-state index contributed by atoms with van der Waals surface area (Å²) in [6, 6.07) is 11.3. The number of carbonyl (C=O) groups is 1. The number of amides is 1. The molecule has 0 aromatic heterocycles. The number of ether oxygens (including phenoxy) is 1. The maximum atomic E-state index is 12.3. The van der Waals surface area contributed by atoms with Crippen molar-refractivity contribution < 1.29 is 17.9 Å². The summed E-state index contributed by atoms with van der Waals surface area (Å²) in [6.07, 6.45) is 0. The Labute approximate surface area is 158 Å². The molecule has 0 radical (unpaired) electrons. The van der Waals surface area contributed by atoms with Gasteiger partial charge in [0.1, 0.15) is 5.75 Å². The molecular formula is C18H21ClN2O4S. The van der Waals surface area contributed by atoms with Crippen LogP contribution in [0.15, 0.2) is 47.4 Å². The molecule has 0 aliphatic heterocycles. The SMILES string of the molecule is COc1ccc(Cl)cc1NC(=O)CNS(=O)(=O)c1ccc(C(C)C)cc1. The molecule has 2 aromatic carbocycles. The van der Waals surface area contributed by atoms with E-state index in [2.05, 4.69) is 10.0 Å². The van der Waals surface area contributed by atoms with Crippen LogP contribution in [0.25, 0.3) is 0 Å². The Balaban J connectivity index is 2.03. The Bertz CT molecular complexity index is 881. The highest BCUT2D eigenvalue weighted by molar-refractivity contribution is 7.89. The fourth-order valence-corrected chi connectivity index (χ4v) is 3.40. The summed E-state index contributed by atoms with van der Waals surface area (Å²) in [4.78, 5) is 12.2. The minimum atomic E-state index is -3.78. The molecule has 0 aliphatic carbocycles. The molecule has 140 valence electrons. The van der Waals surface area contributed by atoms with E-state index in [0.29, 0.717) is 22.4 Å². The van der Waals surface area contributed by atoms with E-state index < -0.39 is 22.5 Å². The molecule has 0 saturated carbocycles. The van der Waals surface area contributed by atoms with Gasteiger partial charge >= 0.3 is 0 Å². The number of hydrogen-bond acceptors (Lipinski definition) is 4. The highest BCUT2D eigenvalue weighted by atomic mass is 35.5. The number of methoxy groups -OCH3 is 1. The van der Waals surface area contributed by atoms with Crippen molar-refractivity contribution in [3.63, 3.8) is 0 Å². The van der Waals surface area contributed by atoms with Crippen LogP contribution in [0.4, 0.5) is 5.69 Å². The van der Waals surface area contributed by atoms with Crippen LogP contribution in [0.1, 0.15) is 25.3 Å². The van der Waals surface area contributed by atoms with Crippen molar-refractivity contribution in [2.24, 2.45) is 0 Å². The number of carbonyl (C=O) groups excluding carboxylic acids is 1. The summed E-state index contributed by atoms with van der Waals surface area (Å²) >= 11 is 5.90. The second-order valence-electron chi connectivity index (χ2n) is 5.94. The summed E-state index contributed by atoms with van der Waals surface area (Å²) < 4.78 is 32.0. The van der Waals surface area contributed by atoms with Gasteiger partial charge < -0.3 is 10.1 Å². The van der Waals surface area contributed by atoms with Gasteiger partial charge in [-0.25, -0.2) is 13.1 Å². The molecular weight excluding hydrogens is 376 g/mol. The van der Waals surface area contributed by atoms with E-state index in [-0.39, 0.29) is 4.90 Å². The van der Waals surface area contributed by atoms with Gasteiger partial charge in [-0.15, -0.1) is 0 Å². The molecule has 0 atom stereocenters. The zero-order valence-corrected chi connectivity index (χ0v) is 16.3. The van der Waals surface area contributed by atoms with Gasteiger partial charge in [0.05, 0.1) is 24.2 Å². The molecule has 0 spiro atoms. The van der Waals surface area contributed by atoms with Crippen LogP contribution in [0.2, 0.25) is 5.02 Å². The average molecular weight is 397 g/mol. The first-order valence-corrected chi connectivity index (χ1v) is 9.82. The zero-order valence-electron chi connectivity index (χ0n) is 14.7. The number of halogens is 1. The molecule has 0 unspecified atom stereocenters. The van der Waals surface area contributed by atoms with E-state index in [0.717, 1.165) is 5.56 Å². The van der Waals surface area contributed by atoms with Gasteiger partial charge in [0.15, 0.2) is 0 Å². The van der Waals surface area contributed by atoms with E-state index in [4.69, 9.17) is 16.3 Å². The van der Waals surface area contributed by atoms with Crippen LogP contribution < -0.4 is 14.8 Å². The molecule has 2 aromatic rings. The Morgan fingerprint density at radius 3 is 2.38 bits per heavy atom. The van der Waals surface area contributed by atoms with Gasteiger partial charge in [0.2, 0.25) is 15.9 Å². The number of hydrogen-bond donors (Lipinski definition) is 2. The number of nitrogens with one attached hydrogen (secondary N) is 2. The van der Waals surface area contributed by atoms with Crippen LogP contribution in [0.3, 0.4) is 0 Å². The summed E-state index contributed by atoms with van der Waals surface area (Å²) in [5.41, 5.74) is 1.40. The topological polar surface area (TPSA) is 84.5 Å². The molecule has 0 bridgehead atoms. The predicted molar refractivity (Wildman–Crippen MR) is 102 cm³/mol. The number of sulfonamides is 1. The number of rotatable bonds is 7. The number of benzene rings is 2. The van der Waals surface area contributed by atoms with E-state index in [1.807, 2.05) is 13.8 Å². The molecule has 26 heavy (non-hydrogen) atoms. The first-order chi connectivity index (χ1) is 12.2. The van der Waals surface area contributed by atoms with E-state index in [1.165, 1.54) is 25.3 Å². The maximum absolute atomic E-state index is 12.3. The van der Waals surface area contributed by atoms with Crippen LogP contribution in [0.5, 0.6) is 5.75 Å². The van der Waals surface area contributed by atoms with Gasteiger partial charge in [0, 0.05) is 5.02 Å². The summed E-state index contributed by atoms with van der Waals surface area (Å²) in [5.74, 6) is 0.195. The van der Waals surface area contributed by atoms with Gasteiger partial charge in [-0.05, 0) is 41.8 Å². The predicted octanol–water partition coefficient (Wildman–Crippen LogP) is 3.39. The first-order valence-electron chi connectivity index (χ1n) is 7.96. The van der Waals surface area contributed by atoms with Crippen molar-refractivity contribution in [1.82, 2.24) is 4.72 Å². The molecule has 0 fully saturated rings. The molecule has 0 heterocycles. The lowest BCUT2D eigenvalue weighted by atomic mass is 10.0. The Hall–Kier alpha value is -2.09. The van der Waals surface area contributed by atoms with Crippen LogP contribution >= 0.6 is 11.6 Å². The lowest BCUT2D eigenvalue weighted by Crippen LogP contribution is -2.33. The van der Waals surface area contributed by atoms with Gasteiger partial charge in [-0.2, -0.15) is 0 Å². The maximum Gasteiger partial charge on any atom is 0.241 e. The standard InChI is InChI=1S/C18H21ClN2O4S/c1-12(2)13-4-7-15(8-5-13)26(23,24)20-11-18(22)21-16-10-14(19)6-9-17(16)25-3/h4-10,12,20H,11H2,1-3H3,(H,21,22). The van der Waals surface area contributed by atoms with Gasteiger partial charge in [0.25, 0.3) is 0 Å². The molecule has 1 amide bonds. The molecule has 6 nitrogen and oxygen atoms in total. The zero-order chi connectivity index (χ0) is 19.3. The third-order valence-electron chi connectivity index (χ3n) is 3.72. The average Bonchev–Trinajstić information content (AvgIpc) is 2.60. The Morgan fingerprint density at radius 2 is 1.81 bits per heavy atom. The van der Waals surface area contributed by atoms with Crippen LogP contribution in [-0.2, 0) is 14.8 Å². The Kier molecular flexibility index (Phi) is 6.63. The fraction of sp³-hybridized carbons (Fsp3) is 0.278. The van der Waals surface area contributed by atoms with Crippen molar-refractivity contribution in [2.75, 3.05) is 19.0 Å². The molecule has 2 N–H and O–H groups in total. The molecule has 8 heteroatoms. The van der Waals surface area contributed by atoms with E-state index in [1.54, 1.807) is 24.3 Å². The van der Waals surface area contributed by atoms with E-state index >= 15 is 0 Å². The van der Waals surface area contributed by atoms with Crippen molar-refractivity contribution in [2.45, 2.75) is 24.7 Å². The quantitative estimate of drug-likeness (QED) is 0.751. The second-order valence-corrected chi connectivity index (χ2v) is 8.14. The minimum Gasteiger partial charge on any atom is -0.495 e. The van der Waals surface area contributed by atoms with Crippen molar-refractivity contribution in [3.8, 4) is 5.75 Å². The monoisotopic (exact) mass is 396 g/mol. The highest BCUT2D eigenvalue weighted by Gasteiger charge is 2.16. The summed E-state index contributed by atoms with van der Waals surface area (Å²) in [6.45, 7) is 3.64. The largest absolute Gasteiger partial charge is 0.495 e. The van der Waals surface area contributed by atoms with Crippen molar-refractivity contribution >= 4 is 33.2 Å². The summed E-state index contributed by atoms with van der Waals surface area (Å²) in [5, 5.41) is 3.00. The lowest BCUT2D eigenvalue weighted by Gasteiger charge is -2.12. The normalized spacial score (nSPS) is 11.4. The molecule has 2 rings (SSSR count). The highest BCUT2D eigenvalue weighted by Crippen LogP contribution is 2.27. The van der Waals surface area contributed by atoms with Crippen LogP contribution in [0, 0.1) is 0 Å². The minimum absolute atomic E-state index is 0.107. The third kappa shape index (κ3) is 5.20. The van der Waals surface area contributed by atoms with Crippen molar-refractivity contribution in [1.29, 1.82) is 0 Å². The first kappa shape index (κ1) is 20.2. The van der Waals surface area contributed by atoms with Crippen molar-refractivity contribution in [3.05, 3.63) is 53.1 Å². The lowest BCUT2D eigenvalue weighted by molar-refractivity contribution is -0.115. The van der Waals surface area contributed by atoms with Crippen LogP contribution in [-0.4, -0.2) is 28.0 Å². The molecule has 0 saturated heterocycles. The van der Waals surface area contributed by atoms with Gasteiger partial charge in [-0.1, -0.05) is 37.6 Å². The second kappa shape index (κ2) is 8.53. The third-order valence-corrected chi connectivity index (χ3v) is 5.37. The summed E-state index contributed by atoms with van der Waals surface area (Å²) in [7, 11) is -2.32. The smallest absolute Gasteiger partial charge is 0.241 e. The Morgan fingerprint density at radius 1 is 1.15 bits per heavy atom. The number of anilines is 1. The molecule has 0 aliphatic rings. The van der Waals surface area contributed by atoms with Gasteiger partial charge in [-0.3, -0.25) is 4.79 Å².